The van der Waals surface area contributed by atoms with Gasteiger partial charge in [0.2, 0.25) is 5.91 Å². The third-order valence-corrected chi connectivity index (χ3v) is 5.32. The molecule has 1 aromatic rings. The molecule has 1 fully saturated rings. The number of piperidine rings is 1. The zero-order chi connectivity index (χ0) is 13.2. The number of nitrogens with zero attached hydrogens (tertiary/aromatic N) is 1. The Balaban J connectivity index is 1.75. The summed E-state index contributed by atoms with van der Waals surface area (Å²) in [5, 5.41) is 3.30. The van der Waals surface area contributed by atoms with Crippen LogP contribution in [0.4, 0.5) is 0 Å². The number of likely N-dealkylation sites (tertiary alicyclic amines) is 1. The lowest BCUT2D eigenvalue weighted by Gasteiger charge is -2.34. The van der Waals surface area contributed by atoms with E-state index in [1.807, 2.05) is 24.9 Å². The number of hydrogen-bond donors (Lipinski definition) is 1. The summed E-state index contributed by atoms with van der Waals surface area (Å²) in [5.74, 6) is 1.29. The molecule has 1 N–H and O–H groups in total. The average molecular weight is 276 g/mol. The van der Waals surface area contributed by atoms with Gasteiger partial charge in [-0.2, -0.15) is 0 Å². The molecule has 0 saturated carbocycles. The molecule has 0 radical (unpaired) electrons. The molecular weight excluding hydrogens is 256 g/mol. The molecule has 102 valence electrons. The van der Waals surface area contributed by atoms with Gasteiger partial charge in [0.25, 0.3) is 0 Å². The van der Waals surface area contributed by atoms with Crippen LogP contribution in [0.1, 0.15) is 24.3 Å². The topological polar surface area (TPSA) is 32.3 Å². The molecule has 2 aliphatic rings. The summed E-state index contributed by atoms with van der Waals surface area (Å²) in [6, 6.07) is 8.79. The minimum Gasteiger partial charge on any atom is -0.341 e. The lowest BCUT2D eigenvalue weighted by Crippen LogP contribution is -2.48. The highest BCUT2D eigenvalue weighted by atomic mass is 32.2. The van der Waals surface area contributed by atoms with Gasteiger partial charge in [-0.15, -0.1) is 11.8 Å². The van der Waals surface area contributed by atoms with Crippen molar-refractivity contribution >= 4 is 17.7 Å². The molecule has 0 bridgehead atoms. The number of nitrogens with one attached hydrogen (secondary N) is 1. The van der Waals surface area contributed by atoms with Crippen LogP contribution < -0.4 is 5.32 Å². The van der Waals surface area contributed by atoms with Gasteiger partial charge >= 0.3 is 0 Å². The Hall–Kier alpha value is -1.00. The number of carbonyl (C=O) groups excluding carboxylic acids is 1. The first kappa shape index (κ1) is 13.0. The summed E-state index contributed by atoms with van der Waals surface area (Å²) in [7, 11) is 1.99. The lowest BCUT2D eigenvalue weighted by atomic mass is 9.97. The maximum Gasteiger partial charge on any atom is 0.231 e. The van der Waals surface area contributed by atoms with Gasteiger partial charge in [-0.05, 0) is 31.5 Å². The maximum absolute atomic E-state index is 12.7. The SMILES string of the molecule is CN[C@@H]1CCCN(C(=O)[C@H]2CSc3ccccc32)C1. The van der Waals surface area contributed by atoms with E-state index in [9.17, 15) is 4.79 Å². The number of carbonyl (C=O) groups is 1. The standard InChI is InChI=1S/C15H20N2OS/c1-16-11-5-4-8-17(9-11)15(18)13-10-19-14-7-3-2-6-12(13)14/h2-3,6-7,11,13,16H,4-5,8-10H2,1H3/t11-,13+/m1/s1. The number of likely N-dealkylation sites (N-methyl/N-ethyl adjacent to an activating group) is 1. The van der Waals surface area contributed by atoms with Gasteiger partial charge in [0.15, 0.2) is 0 Å². The first-order chi connectivity index (χ1) is 9.29. The second-order valence-electron chi connectivity index (χ2n) is 5.31. The van der Waals surface area contributed by atoms with Crippen LogP contribution in [0.25, 0.3) is 0 Å². The molecule has 3 nitrogen and oxygen atoms in total. The summed E-state index contributed by atoms with van der Waals surface area (Å²) in [5.41, 5.74) is 1.23. The normalized spacial score (nSPS) is 26.3. The van der Waals surface area contributed by atoms with Crippen molar-refractivity contribution in [3.8, 4) is 0 Å². The second kappa shape index (κ2) is 5.55. The molecule has 0 aromatic heterocycles. The first-order valence-corrected chi connectivity index (χ1v) is 7.96. The van der Waals surface area contributed by atoms with Crippen LogP contribution in [-0.2, 0) is 4.79 Å². The molecule has 4 heteroatoms. The molecule has 1 aromatic carbocycles. The van der Waals surface area contributed by atoms with Gasteiger partial charge in [0, 0.05) is 29.8 Å². The fourth-order valence-electron chi connectivity index (χ4n) is 3.00. The molecule has 0 spiro atoms. The highest BCUT2D eigenvalue weighted by Crippen LogP contribution is 2.40. The Labute approximate surface area is 118 Å². The van der Waals surface area contributed by atoms with Gasteiger partial charge < -0.3 is 10.2 Å². The van der Waals surface area contributed by atoms with Crippen molar-refractivity contribution in [2.45, 2.75) is 29.7 Å². The van der Waals surface area contributed by atoms with Gasteiger partial charge in [-0.25, -0.2) is 0 Å². The summed E-state index contributed by atoms with van der Waals surface area (Å²) in [6.07, 6.45) is 2.29. The second-order valence-corrected chi connectivity index (χ2v) is 6.38. The van der Waals surface area contributed by atoms with E-state index in [0.717, 1.165) is 25.3 Å². The third kappa shape index (κ3) is 2.51. The van der Waals surface area contributed by atoms with Gasteiger partial charge in [0.1, 0.15) is 0 Å². The van der Waals surface area contributed by atoms with Crippen molar-refractivity contribution in [2.75, 3.05) is 25.9 Å². The Morgan fingerprint density at radius 2 is 2.26 bits per heavy atom. The molecular formula is C15H20N2OS. The van der Waals surface area contributed by atoms with E-state index < -0.39 is 0 Å². The van der Waals surface area contributed by atoms with Crippen LogP contribution in [0.3, 0.4) is 0 Å². The molecule has 1 saturated heterocycles. The molecule has 19 heavy (non-hydrogen) atoms. The van der Waals surface area contributed by atoms with Crippen LogP contribution in [0, 0.1) is 0 Å². The van der Waals surface area contributed by atoms with Crippen molar-refractivity contribution < 1.29 is 4.79 Å². The minimum absolute atomic E-state index is 0.0665. The predicted molar refractivity (Wildman–Crippen MR) is 78.6 cm³/mol. The molecule has 3 rings (SSSR count). The van der Waals surface area contributed by atoms with Crippen LogP contribution in [-0.4, -0.2) is 42.7 Å². The molecule has 2 heterocycles. The fraction of sp³-hybridized carbons (Fsp3) is 0.533. The largest absolute Gasteiger partial charge is 0.341 e. The quantitative estimate of drug-likeness (QED) is 0.897. The Morgan fingerprint density at radius 1 is 1.42 bits per heavy atom. The highest BCUT2D eigenvalue weighted by Gasteiger charge is 2.33. The summed E-state index contributed by atoms with van der Waals surface area (Å²) < 4.78 is 0. The smallest absolute Gasteiger partial charge is 0.231 e. The van der Waals surface area contributed by atoms with Crippen molar-refractivity contribution in [1.29, 1.82) is 0 Å². The van der Waals surface area contributed by atoms with E-state index in [1.165, 1.54) is 16.9 Å². The molecule has 1 amide bonds. The van der Waals surface area contributed by atoms with E-state index >= 15 is 0 Å². The van der Waals surface area contributed by atoms with Crippen molar-refractivity contribution in [3.63, 3.8) is 0 Å². The average Bonchev–Trinajstić information content (AvgIpc) is 2.90. The fourth-order valence-corrected chi connectivity index (χ4v) is 4.22. The van der Waals surface area contributed by atoms with E-state index in [2.05, 4.69) is 28.4 Å². The highest BCUT2D eigenvalue weighted by molar-refractivity contribution is 7.99. The number of rotatable bonds is 2. The predicted octanol–water partition coefficient (Wildman–Crippen LogP) is 2.09. The Bertz CT molecular complexity index is 477. The van der Waals surface area contributed by atoms with Crippen LogP contribution in [0.5, 0.6) is 0 Å². The molecule has 2 atom stereocenters. The molecule has 0 unspecified atom stereocenters. The number of amides is 1. The van der Waals surface area contributed by atoms with Crippen LogP contribution >= 0.6 is 11.8 Å². The zero-order valence-electron chi connectivity index (χ0n) is 11.3. The zero-order valence-corrected chi connectivity index (χ0v) is 12.1. The van der Waals surface area contributed by atoms with E-state index in [0.29, 0.717) is 11.9 Å². The van der Waals surface area contributed by atoms with Crippen molar-refractivity contribution in [1.82, 2.24) is 10.2 Å². The van der Waals surface area contributed by atoms with Crippen molar-refractivity contribution in [3.05, 3.63) is 29.8 Å². The molecule has 0 aliphatic carbocycles. The Kier molecular flexibility index (Phi) is 3.80. The van der Waals surface area contributed by atoms with Crippen LogP contribution in [0.2, 0.25) is 0 Å². The number of benzene rings is 1. The van der Waals surface area contributed by atoms with Crippen LogP contribution in [0.15, 0.2) is 29.2 Å². The van der Waals surface area contributed by atoms with Gasteiger partial charge in [-0.1, -0.05) is 18.2 Å². The van der Waals surface area contributed by atoms with Crippen molar-refractivity contribution in [2.24, 2.45) is 0 Å². The van der Waals surface area contributed by atoms with E-state index in [4.69, 9.17) is 0 Å². The summed E-state index contributed by atoms with van der Waals surface area (Å²) >= 11 is 1.81. The summed E-state index contributed by atoms with van der Waals surface area (Å²) in [4.78, 5) is 16.0. The van der Waals surface area contributed by atoms with E-state index in [1.54, 1.807) is 0 Å². The number of hydrogen-bond acceptors (Lipinski definition) is 3. The minimum atomic E-state index is 0.0665. The Morgan fingerprint density at radius 3 is 3.11 bits per heavy atom. The monoisotopic (exact) mass is 276 g/mol. The maximum atomic E-state index is 12.7. The first-order valence-electron chi connectivity index (χ1n) is 6.97. The number of thioether (sulfide) groups is 1. The van der Waals surface area contributed by atoms with E-state index in [-0.39, 0.29) is 5.92 Å². The molecule has 2 aliphatic heterocycles. The number of fused-ring (bicyclic) bond motifs is 1. The third-order valence-electron chi connectivity index (χ3n) is 4.14. The lowest BCUT2D eigenvalue weighted by molar-refractivity contribution is -0.133. The van der Waals surface area contributed by atoms with Gasteiger partial charge in [-0.3, -0.25) is 4.79 Å². The summed E-state index contributed by atoms with van der Waals surface area (Å²) in [6.45, 7) is 1.78. The van der Waals surface area contributed by atoms with Gasteiger partial charge in [0.05, 0.1) is 5.92 Å².